The Labute approximate surface area is 116 Å². The molecule has 19 heavy (non-hydrogen) atoms. The van der Waals surface area contributed by atoms with Crippen LogP contribution in [0.3, 0.4) is 0 Å². The van der Waals surface area contributed by atoms with Crippen molar-refractivity contribution in [2.75, 3.05) is 5.32 Å². The molecule has 2 rings (SSSR count). The highest BCUT2D eigenvalue weighted by Gasteiger charge is 2.09. The van der Waals surface area contributed by atoms with Crippen molar-refractivity contribution >= 4 is 23.0 Å². The van der Waals surface area contributed by atoms with E-state index in [4.69, 9.17) is 5.11 Å². The van der Waals surface area contributed by atoms with Gasteiger partial charge in [0.1, 0.15) is 0 Å². The number of hydrogen-bond acceptors (Lipinski definition) is 3. The zero-order valence-electron chi connectivity index (χ0n) is 10.8. The van der Waals surface area contributed by atoms with Crippen LogP contribution in [0.5, 0.6) is 0 Å². The summed E-state index contributed by atoms with van der Waals surface area (Å²) in [7, 11) is 0. The molecule has 0 aliphatic heterocycles. The molecule has 1 atom stereocenters. The molecule has 0 aliphatic rings. The van der Waals surface area contributed by atoms with Crippen LogP contribution < -0.4 is 5.32 Å². The van der Waals surface area contributed by atoms with E-state index in [1.165, 1.54) is 10.4 Å². The molecular weight excluding hydrogens is 258 g/mol. The molecule has 2 aromatic rings. The first-order chi connectivity index (χ1) is 9.16. The Bertz CT molecular complexity index is 537. The van der Waals surface area contributed by atoms with Gasteiger partial charge in [-0.2, -0.15) is 0 Å². The van der Waals surface area contributed by atoms with E-state index in [9.17, 15) is 4.79 Å². The van der Waals surface area contributed by atoms with Crippen LogP contribution in [0, 0.1) is 0 Å². The van der Waals surface area contributed by atoms with Crippen LogP contribution in [-0.2, 0) is 4.79 Å². The summed E-state index contributed by atoms with van der Waals surface area (Å²) in [6, 6.07) is 12.4. The monoisotopic (exact) mass is 275 g/mol. The van der Waals surface area contributed by atoms with Gasteiger partial charge < -0.3 is 10.4 Å². The van der Waals surface area contributed by atoms with E-state index in [0.717, 1.165) is 5.69 Å². The van der Waals surface area contributed by atoms with E-state index >= 15 is 0 Å². The first-order valence-corrected chi connectivity index (χ1v) is 7.16. The third kappa shape index (κ3) is 3.83. The van der Waals surface area contributed by atoms with Crippen LogP contribution in [0.2, 0.25) is 0 Å². The van der Waals surface area contributed by atoms with E-state index in [-0.39, 0.29) is 12.5 Å². The molecule has 0 aliphatic carbocycles. The number of thiophene rings is 1. The van der Waals surface area contributed by atoms with Gasteiger partial charge in [0.15, 0.2) is 0 Å². The molecule has 100 valence electrons. The lowest BCUT2D eigenvalue weighted by Crippen LogP contribution is -2.17. The molecule has 1 aromatic carbocycles. The summed E-state index contributed by atoms with van der Waals surface area (Å²) in [5.41, 5.74) is 2.22. The number of nitrogens with one attached hydrogen (secondary N) is 1. The minimum absolute atomic E-state index is 0.136. The van der Waals surface area contributed by atoms with Crippen molar-refractivity contribution in [3.63, 3.8) is 0 Å². The number of carboxylic acid groups (broad SMARTS) is 1. The van der Waals surface area contributed by atoms with Crippen molar-refractivity contribution < 1.29 is 9.90 Å². The lowest BCUT2D eigenvalue weighted by molar-refractivity contribution is -0.137. The molecule has 1 heterocycles. The molecule has 0 bridgehead atoms. The minimum atomic E-state index is -0.750. The second kappa shape index (κ2) is 6.38. The molecule has 1 aromatic heterocycles. The topological polar surface area (TPSA) is 49.3 Å². The average Bonchev–Trinajstić information content (AvgIpc) is 2.91. The van der Waals surface area contributed by atoms with Gasteiger partial charge in [0, 0.05) is 28.6 Å². The summed E-state index contributed by atoms with van der Waals surface area (Å²) in [5.74, 6) is -0.750. The van der Waals surface area contributed by atoms with Crippen LogP contribution >= 0.6 is 11.3 Å². The normalized spacial score (nSPS) is 12.1. The summed E-state index contributed by atoms with van der Waals surface area (Å²) >= 11 is 1.70. The minimum Gasteiger partial charge on any atom is -0.481 e. The first-order valence-electron chi connectivity index (χ1n) is 6.28. The Morgan fingerprint density at radius 2 is 2.11 bits per heavy atom. The smallest absolute Gasteiger partial charge is 0.303 e. The fourth-order valence-corrected chi connectivity index (χ4v) is 2.70. The van der Waals surface area contributed by atoms with Crippen molar-refractivity contribution in [3.8, 4) is 10.4 Å². The Kier molecular flexibility index (Phi) is 4.58. The van der Waals surface area contributed by atoms with Crippen molar-refractivity contribution in [2.24, 2.45) is 0 Å². The molecule has 1 unspecified atom stereocenters. The second-order valence-corrected chi connectivity index (χ2v) is 5.45. The second-order valence-electron chi connectivity index (χ2n) is 4.50. The third-order valence-corrected chi connectivity index (χ3v) is 3.81. The Morgan fingerprint density at radius 3 is 2.79 bits per heavy atom. The van der Waals surface area contributed by atoms with E-state index < -0.39 is 5.97 Å². The number of anilines is 1. The average molecular weight is 275 g/mol. The number of rotatable bonds is 6. The van der Waals surface area contributed by atoms with Crippen molar-refractivity contribution in [2.45, 2.75) is 25.8 Å². The molecule has 0 radical (unpaired) electrons. The zero-order valence-corrected chi connectivity index (χ0v) is 11.6. The number of carboxylic acids is 1. The molecule has 0 spiro atoms. The molecule has 4 heteroatoms. The van der Waals surface area contributed by atoms with Crippen LogP contribution in [0.25, 0.3) is 10.4 Å². The van der Waals surface area contributed by atoms with Crippen molar-refractivity contribution in [3.05, 3.63) is 41.8 Å². The highest BCUT2D eigenvalue weighted by Crippen LogP contribution is 2.31. The SMILES string of the molecule is CC(CCC(=O)O)Nc1ccccc1-c1cccs1. The maximum absolute atomic E-state index is 10.6. The maximum Gasteiger partial charge on any atom is 0.303 e. The van der Waals surface area contributed by atoms with Gasteiger partial charge in [-0.3, -0.25) is 4.79 Å². The summed E-state index contributed by atoms with van der Waals surface area (Å²) in [4.78, 5) is 11.8. The Balaban J connectivity index is 2.10. The number of carbonyl (C=O) groups is 1. The molecule has 3 nitrogen and oxygen atoms in total. The maximum atomic E-state index is 10.6. The molecule has 0 saturated heterocycles. The number of para-hydroxylation sites is 1. The van der Waals surface area contributed by atoms with E-state index in [2.05, 4.69) is 22.8 Å². The molecule has 0 fully saturated rings. The van der Waals surface area contributed by atoms with E-state index in [0.29, 0.717) is 6.42 Å². The highest BCUT2D eigenvalue weighted by molar-refractivity contribution is 7.13. The fourth-order valence-electron chi connectivity index (χ4n) is 1.93. The first kappa shape index (κ1) is 13.6. The molecule has 0 saturated carbocycles. The molecule has 0 amide bonds. The van der Waals surface area contributed by atoms with Gasteiger partial charge in [0.2, 0.25) is 0 Å². The van der Waals surface area contributed by atoms with Gasteiger partial charge in [0.05, 0.1) is 0 Å². The summed E-state index contributed by atoms with van der Waals surface area (Å²) < 4.78 is 0. The van der Waals surface area contributed by atoms with Gasteiger partial charge >= 0.3 is 5.97 Å². The largest absolute Gasteiger partial charge is 0.481 e. The number of benzene rings is 1. The third-order valence-electron chi connectivity index (χ3n) is 2.91. The van der Waals surface area contributed by atoms with E-state index in [1.54, 1.807) is 11.3 Å². The predicted octanol–water partition coefficient (Wildman–Crippen LogP) is 4.08. The van der Waals surface area contributed by atoms with E-state index in [1.807, 2.05) is 31.2 Å². The predicted molar refractivity (Wildman–Crippen MR) is 79.7 cm³/mol. The van der Waals surface area contributed by atoms with Crippen molar-refractivity contribution in [1.82, 2.24) is 0 Å². The van der Waals surface area contributed by atoms with Crippen LogP contribution in [0.15, 0.2) is 41.8 Å². The Hall–Kier alpha value is -1.81. The van der Waals surface area contributed by atoms with Gasteiger partial charge in [-0.05, 0) is 30.9 Å². The number of aliphatic carboxylic acids is 1. The van der Waals surface area contributed by atoms with Gasteiger partial charge in [0.25, 0.3) is 0 Å². The quantitative estimate of drug-likeness (QED) is 0.835. The fraction of sp³-hybridized carbons (Fsp3) is 0.267. The zero-order chi connectivity index (χ0) is 13.7. The lowest BCUT2D eigenvalue weighted by Gasteiger charge is -2.17. The van der Waals surface area contributed by atoms with Crippen molar-refractivity contribution in [1.29, 1.82) is 0 Å². The molecule has 2 N–H and O–H groups in total. The summed E-state index contributed by atoms with van der Waals surface area (Å²) in [5, 5.41) is 14.2. The van der Waals surface area contributed by atoms with Gasteiger partial charge in [-0.1, -0.05) is 24.3 Å². The van der Waals surface area contributed by atoms with Crippen LogP contribution in [0.4, 0.5) is 5.69 Å². The van der Waals surface area contributed by atoms with Gasteiger partial charge in [-0.15, -0.1) is 11.3 Å². The van der Waals surface area contributed by atoms with Gasteiger partial charge in [-0.25, -0.2) is 0 Å². The van der Waals surface area contributed by atoms with Crippen LogP contribution in [0.1, 0.15) is 19.8 Å². The molecular formula is C15H17NO2S. The standard InChI is InChI=1S/C15H17NO2S/c1-11(8-9-15(17)18)16-13-6-3-2-5-12(13)14-7-4-10-19-14/h2-7,10-11,16H,8-9H2,1H3,(H,17,18). The Morgan fingerprint density at radius 1 is 1.32 bits per heavy atom. The highest BCUT2D eigenvalue weighted by atomic mass is 32.1. The summed E-state index contributed by atoms with van der Waals surface area (Å²) in [6.07, 6.45) is 0.809. The van der Waals surface area contributed by atoms with Crippen LogP contribution in [-0.4, -0.2) is 17.1 Å². The lowest BCUT2D eigenvalue weighted by atomic mass is 10.1. The number of hydrogen-bond donors (Lipinski definition) is 2. The summed E-state index contributed by atoms with van der Waals surface area (Å²) in [6.45, 7) is 2.01.